The van der Waals surface area contributed by atoms with Gasteiger partial charge in [0.1, 0.15) is 5.56 Å². The van der Waals surface area contributed by atoms with Crippen LogP contribution in [0.5, 0.6) is 0 Å². The van der Waals surface area contributed by atoms with E-state index in [0.717, 1.165) is 11.5 Å². The van der Waals surface area contributed by atoms with Crippen molar-refractivity contribution >= 4 is 29.0 Å². The SMILES string of the molecule is Cc1ccnc2c(C(=O)N3CCN(c4ccc(Cl)nn4)CC3)cnn12. The van der Waals surface area contributed by atoms with Crippen LogP contribution in [-0.4, -0.2) is 61.8 Å². The summed E-state index contributed by atoms with van der Waals surface area (Å²) in [4.78, 5) is 21.1. The fourth-order valence-corrected chi connectivity index (χ4v) is 3.05. The molecule has 25 heavy (non-hydrogen) atoms. The number of rotatable bonds is 2. The van der Waals surface area contributed by atoms with E-state index in [9.17, 15) is 4.79 Å². The highest BCUT2D eigenvalue weighted by molar-refractivity contribution is 6.29. The van der Waals surface area contributed by atoms with E-state index < -0.39 is 0 Å². The van der Waals surface area contributed by atoms with Crippen LogP contribution in [-0.2, 0) is 0 Å². The fourth-order valence-electron chi connectivity index (χ4n) is 2.95. The van der Waals surface area contributed by atoms with Gasteiger partial charge >= 0.3 is 0 Å². The summed E-state index contributed by atoms with van der Waals surface area (Å²) in [6.45, 7) is 4.52. The lowest BCUT2D eigenvalue weighted by atomic mass is 10.2. The molecule has 4 rings (SSSR count). The number of hydrogen-bond donors (Lipinski definition) is 0. The first-order valence-corrected chi connectivity index (χ1v) is 8.34. The first-order chi connectivity index (χ1) is 12.1. The highest BCUT2D eigenvalue weighted by Crippen LogP contribution is 2.17. The van der Waals surface area contributed by atoms with Crippen molar-refractivity contribution in [2.24, 2.45) is 0 Å². The van der Waals surface area contributed by atoms with Crippen LogP contribution < -0.4 is 4.90 Å². The predicted octanol–water partition coefficient (Wildman–Crippen LogP) is 1.44. The molecule has 0 unspecified atom stereocenters. The van der Waals surface area contributed by atoms with Gasteiger partial charge in [0, 0.05) is 38.1 Å². The topological polar surface area (TPSA) is 79.5 Å². The Morgan fingerprint density at radius 3 is 2.64 bits per heavy atom. The van der Waals surface area contributed by atoms with Gasteiger partial charge in [-0.15, -0.1) is 10.2 Å². The van der Waals surface area contributed by atoms with Crippen LogP contribution in [0.4, 0.5) is 5.82 Å². The summed E-state index contributed by atoms with van der Waals surface area (Å²) in [5, 5.41) is 12.6. The molecule has 0 spiro atoms. The Labute approximate surface area is 149 Å². The Balaban J connectivity index is 1.49. The number of carbonyl (C=O) groups excluding carboxylic acids is 1. The minimum Gasteiger partial charge on any atom is -0.352 e. The normalized spacial score (nSPS) is 15.0. The third-order valence-corrected chi connectivity index (χ3v) is 4.53. The van der Waals surface area contributed by atoms with E-state index in [0.29, 0.717) is 42.5 Å². The molecule has 0 aromatic carbocycles. The molecule has 8 nitrogen and oxygen atoms in total. The van der Waals surface area contributed by atoms with Crippen LogP contribution in [0.15, 0.2) is 30.6 Å². The van der Waals surface area contributed by atoms with E-state index in [1.165, 1.54) is 0 Å². The van der Waals surface area contributed by atoms with Gasteiger partial charge in [-0.3, -0.25) is 4.79 Å². The standard InChI is InChI=1S/C16H16ClN7O/c1-11-4-5-18-15-12(10-19-24(11)15)16(25)23-8-6-22(7-9-23)14-3-2-13(17)20-21-14/h2-5,10H,6-9H2,1H3. The van der Waals surface area contributed by atoms with Crippen molar-refractivity contribution in [2.75, 3.05) is 31.1 Å². The third kappa shape index (κ3) is 2.89. The molecule has 4 heterocycles. The summed E-state index contributed by atoms with van der Waals surface area (Å²) in [5.41, 5.74) is 2.06. The number of carbonyl (C=O) groups is 1. The van der Waals surface area contributed by atoms with E-state index in [4.69, 9.17) is 11.6 Å². The molecule has 128 valence electrons. The van der Waals surface area contributed by atoms with Crippen molar-refractivity contribution in [3.63, 3.8) is 0 Å². The summed E-state index contributed by atoms with van der Waals surface area (Å²) >= 11 is 5.77. The lowest BCUT2D eigenvalue weighted by Crippen LogP contribution is -2.49. The summed E-state index contributed by atoms with van der Waals surface area (Å²) in [6, 6.07) is 5.42. The van der Waals surface area contributed by atoms with Gasteiger partial charge in [0.05, 0.1) is 6.20 Å². The second-order valence-electron chi connectivity index (χ2n) is 5.87. The highest BCUT2D eigenvalue weighted by Gasteiger charge is 2.25. The Morgan fingerprint density at radius 1 is 1.12 bits per heavy atom. The van der Waals surface area contributed by atoms with E-state index in [2.05, 4.69) is 25.2 Å². The molecule has 1 amide bonds. The largest absolute Gasteiger partial charge is 0.352 e. The van der Waals surface area contributed by atoms with Gasteiger partial charge in [0.15, 0.2) is 16.6 Å². The molecule has 3 aromatic rings. The van der Waals surface area contributed by atoms with Gasteiger partial charge in [0.25, 0.3) is 5.91 Å². The molecule has 9 heteroatoms. The predicted molar refractivity (Wildman–Crippen MR) is 92.9 cm³/mol. The molecule has 0 aliphatic carbocycles. The highest BCUT2D eigenvalue weighted by atomic mass is 35.5. The molecule has 1 saturated heterocycles. The van der Waals surface area contributed by atoms with E-state index in [1.54, 1.807) is 23.0 Å². The van der Waals surface area contributed by atoms with Crippen molar-refractivity contribution in [2.45, 2.75) is 6.92 Å². The number of anilines is 1. The second kappa shape index (κ2) is 6.29. The van der Waals surface area contributed by atoms with Crippen LogP contribution in [0.1, 0.15) is 16.1 Å². The van der Waals surface area contributed by atoms with Gasteiger partial charge in [-0.1, -0.05) is 11.6 Å². The smallest absolute Gasteiger partial charge is 0.259 e. The monoisotopic (exact) mass is 357 g/mol. The molecular weight excluding hydrogens is 342 g/mol. The Hall–Kier alpha value is -2.74. The van der Waals surface area contributed by atoms with Crippen LogP contribution in [0.2, 0.25) is 5.15 Å². The molecule has 1 fully saturated rings. The van der Waals surface area contributed by atoms with Crippen LogP contribution in [0, 0.1) is 6.92 Å². The maximum atomic E-state index is 12.8. The lowest BCUT2D eigenvalue weighted by molar-refractivity contribution is 0.0748. The molecule has 0 radical (unpaired) electrons. The van der Waals surface area contributed by atoms with Gasteiger partial charge in [0.2, 0.25) is 0 Å². The quantitative estimate of drug-likeness (QED) is 0.690. The number of fused-ring (bicyclic) bond motifs is 1. The van der Waals surface area contributed by atoms with Crippen molar-refractivity contribution < 1.29 is 4.79 Å². The molecule has 0 bridgehead atoms. The first-order valence-electron chi connectivity index (χ1n) is 7.96. The van der Waals surface area contributed by atoms with E-state index >= 15 is 0 Å². The minimum absolute atomic E-state index is 0.0464. The Bertz CT molecular complexity index is 916. The van der Waals surface area contributed by atoms with E-state index in [-0.39, 0.29) is 5.91 Å². The summed E-state index contributed by atoms with van der Waals surface area (Å²) in [5.74, 6) is 0.722. The van der Waals surface area contributed by atoms with Crippen LogP contribution >= 0.6 is 11.6 Å². The summed E-state index contributed by atoms with van der Waals surface area (Å²) in [7, 11) is 0. The van der Waals surface area contributed by atoms with Crippen LogP contribution in [0.3, 0.4) is 0 Å². The van der Waals surface area contributed by atoms with Crippen LogP contribution in [0.25, 0.3) is 5.65 Å². The maximum Gasteiger partial charge on any atom is 0.259 e. The molecule has 3 aromatic heterocycles. The molecular formula is C16H16ClN7O. The number of aryl methyl sites for hydroxylation is 1. The minimum atomic E-state index is -0.0464. The average molecular weight is 358 g/mol. The zero-order valence-electron chi connectivity index (χ0n) is 13.6. The number of nitrogens with zero attached hydrogens (tertiary/aromatic N) is 7. The molecule has 0 atom stereocenters. The fraction of sp³-hybridized carbons (Fsp3) is 0.312. The van der Waals surface area contributed by atoms with Gasteiger partial charge < -0.3 is 9.80 Å². The summed E-state index contributed by atoms with van der Waals surface area (Å²) in [6.07, 6.45) is 3.29. The number of amides is 1. The maximum absolute atomic E-state index is 12.8. The zero-order chi connectivity index (χ0) is 17.4. The first kappa shape index (κ1) is 15.8. The van der Waals surface area contributed by atoms with Gasteiger partial charge in [-0.05, 0) is 25.1 Å². The van der Waals surface area contributed by atoms with E-state index in [1.807, 2.05) is 24.0 Å². The number of halogens is 1. The Kier molecular flexibility index (Phi) is 3.96. The molecule has 1 aliphatic rings. The zero-order valence-corrected chi connectivity index (χ0v) is 14.4. The molecule has 0 N–H and O–H groups in total. The van der Waals surface area contributed by atoms with Crippen molar-refractivity contribution in [3.05, 3.63) is 47.0 Å². The average Bonchev–Trinajstić information content (AvgIpc) is 3.07. The second-order valence-corrected chi connectivity index (χ2v) is 6.26. The summed E-state index contributed by atoms with van der Waals surface area (Å²) < 4.78 is 1.69. The van der Waals surface area contributed by atoms with Gasteiger partial charge in [-0.2, -0.15) is 5.10 Å². The number of hydrogen-bond acceptors (Lipinski definition) is 6. The Morgan fingerprint density at radius 2 is 1.92 bits per heavy atom. The number of piperazine rings is 1. The lowest BCUT2D eigenvalue weighted by Gasteiger charge is -2.35. The van der Waals surface area contributed by atoms with Crippen molar-refractivity contribution in [1.82, 2.24) is 29.7 Å². The van der Waals surface area contributed by atoms with Gasteiger partial charge in [-0.25, -0.2) is 9.50 Å². The van der Waals surface area contributed by atoms with Crippen molar-refractivity contribution in [3.8, 4) is 0 Å². The molecule has 1 aliphatic heterocycles. The molecule has 0 saturated carbocycles. The number of aromatic nitrogens is 5. The third-order valence-electron chi connectivity index (χ3n) is 4.33. The van der Waals surface area contributed by atoms with Crippen molar-refractivity contribution in [1.29, 1.82) is 0 Å².